The highest BCUT2D eigenvalue weighted by Crippen LogP contribution is 2.39. The smallest absolute Gasteiger partial charge is 0.224 e. The van der Waals surface area contributed by atoms with Gasteiger partial charge in [-0.1, -0.05) is 25.5 Å². The highest BCUT2D eigenvalue weighted by atomic mass is 16.1. The summed E-state index contributed by atoms with van der Waals surface area (Å²) in [5, 5.41) is 6.76. The standard InChI is InChI=1S/C18H26N2O/c1-2-11-19-18(13-5-3-6-13)15-9-10-16-14(12-15)7-4-8-17(21)20-16/h9-10,12-13,18-19H,2-8,11H2,1H3,(H,20,21). The molecule has 0 saturated heterocycles. The summed E-state index contributed by atoms with van der Waals surface area (Å²) in [5.41, 5.74) is 3.73. The first kappa shape index (κ1) is 14.6. The lowest BCUT2D eigenvalue weighted by molar-refractivity contribution is -0.116. The van der Waals surface area contributed by atoms with Crippen molar-refractivity contribution < 1.29 is 4.79 Å². The Morgan fingerprint density at radius 1 is 1.29 bits per heavy atom. The van der Waals surface area contributed by atoms with Crippen LogP contribution in [0.4, 0.5) is 5.69 Å². The van der Waals surface area contributed by atoms with Gasteiger partial charge in [-0.15, -0.1) is 0 Å². The van der Waals surface area contributed by atoms with Gasteiger partial charge in [0.2, 0.25) is 5.91 Å². The molecule has 1 heterocycles. The van der Waals surface area contributed by atoms with Crippen molar-refractivity contribution in [1.82, 2.24) is 5.32 Å². The van der Waals surface area contributed by atoms with E-state index in [9.17, 15) is 4.79 Å². The van der Waals surface area contributed by atoms with Gasteiger partial charge in [0.05, 0.1) is 0 Å². The Morgan fingerprint density at radius 3 is 2.86 bits per heavy atom. The number of rotatable bonds is 5. The second-order valence-electron chi connectivity index (χ2n) is 6.44. The average molecular weight is 286 g/mol. The van der Waals surface area contributed by atoms with Crippen LogP contribution < -0.4 is 10.6 Å². The van der Waals surface area contributed by atoms with Crippen molar-refractivity contribution >= 4 is 11.6 Å². The number of carbonyl (C=O) groups excluding carboxylic acids is 1. The molecule has 1 aliphatic heterocycles. The van der Waals surface area contributed by atoms with Gasteiger partial charge in [0.15, 0.2) is 0 Å². The Hall–Kier alpha value is -1.35. The van der Waals surface area contributed by atoms with Gasteiger partial charge in [-0.3, -0.25) is 4.79 Å². The maximum atomic E-state index is 11.6. The first-order valence-corrected chi connectivity index (χ1v) is 8.44. The van der Waals surface area contributed by atoms with E-state index in [-0.39, 0.29) is 5.91 Å². The number of amides is 1. The summed E-state index contributed by atoms with van der Waals surface area (Å²) in [6.45, 7) is 3.30. The molecule has 2 aliphatic rings. The van der Waals surface area contributed by atoms with Crippen LogP contribution in [-0.4, -0.2) is 12.5 Å². The summed E-state index contributed by atoms with van der Waals surface area (Å²) < 4.78 is 0. The van der Waals surface area contributed by atoms with E-state index >= 15 is 0 Å². The molecule has 0 radical (unpaired) electrons. The van der Waals surface area contributed by atoms with E-state index in [0.717, 1.165) is 31.0 Å². The number of nitrogens with one attached hydrogen (secondary N) is 2. The highest BCUT2D eigenvalue weighted by Gasteiger charge is 2.28. The zero-order chi connectivity index (χ0) is 14.7. The molecule has 1 aliphatic carbocycles. The van der Waals surface area contributed by atoms with Crippen LogP contribution in [0.1, 0.15) is 62.6 Å². The fraction of sp³-hybridized carbons (Fsp3) is 0.611. The Kier molecular flexibility index (Phi) is 4.59. The predicted molar refractivity (Wildman–Crippen MR) is 86.4 cm³/mol. The van der Waals surface area contributed by atoms with Crippen LogP contribution >= 0.6 is 0 Å². The van der Waals surface area contributed by atoms with E-state index in [2.05, 4.69) is 35.8 Å². The molecule has 1 atom stereocenters. The molecule has 1 amide bonds. The van der Waals surface area contributed by atoms with Crippen molar-refractivity contribution in [3.05, 3.63) is 29.3 Å². The monoisotopic (exact) mass is 286 g/mol. The van der Waals surface area contributed by atoms with Crippen LogP contribution in [-0.2, 0) is 11.2 Å². The van der Waals surface area contributed by atoms with Crippen molar-refractivity contribution in [3.8, 4) is 0 Å². The van der Waals surface area contributed by atoms with Crippen LogP contribution in [0.25, 0.3) is 0 Å². The van der Waals surface area contributed by atoms with Gasteiger partial charge in [-0.2, -0.15) is 0 Å². The first-order chi connectivity index (χ1) is 10.3. The SMILES string of the molecule is CCCNC(c1ccc2c(c1)CCCC(=O)N2)C1CCC1. The van der Waals surface area contributed by atoms with Crippen LogP contribution in [0.15, 0.2) is 18.2 Å². The van der Waals surface area contributed by atoms with Gasteiger partial charge in [-0.25, -0.2) is 0 Å². The molecule has 3 nitrogen and oxygen atoms in total. The van der Waals surface area contributed by atoms with Crippen molar-refractivity contribution in [2.24, 2.45) is 5.92 Å². The number of hydrogen-bond donors (Lipinski definition) is 2. The van der Waals surface area contributed by atoms with Gasteiger partial charge < -0.3 is 10.6 Å². The molecule has 2 N–H and O–H groups in total. The normalized spacial score (nSPS) is 20.1. The summed E-state index contributed by atoms with van der Waals surface area (Å²) in [4.78, 5) is 11.6. The van der Waals surface area contributed by atoms with Gasteiger partial charge >= 0.3 is 0 Å². The molecule has 0 bridgehead atoms. The first-order valence-electron chi connectivity index (χ1n) is 8.44. The van der Waals surface area contributed by atoms with Gasteiger partial charge in [-0.05, 0) is 61.8 Å². The minimum atomic E-state index is 0.154. The number of aryl methyl sites for hydroxylation is 1. The number of fused-ring (bicyclic) bond motifs is 1. The fourth-order valence-corrected chi connectivity index (χ4v) is 3.42. The third-order valence-electron chi connectivity index (χ3n) is 4.85. The molecular weight excluding hydrogens is 260 g/mol. The lowest BCUT2D eigenvalue weighted by Crippen LogP contribution is -2.32. The quantitative estimate of drug-likeness (QED) is 0.864. The predicted octanol–water partition coefficient (Wildman–Crippen LogP) is 3.80. The van der Waals surface area contributed by atoms with E-state index in [1.165, 1.54) is 36.8 Å². The number of carbonyl (C=O) groups is 1. The largest absolute Gasteiger partial charge is 0.326 e. The number of benzene rings is 1. The van der Waals surface area contributed by atoms with Crippen LogP contribution in [0.3, 0.4) is 0 Å². The summed E-state index contributed by atoms with van der Waals surface area (Å²) in [6.07, 6.45) is 7.83. The fourth-order valence-electron chi connectivity index (χ4n) is 3.42. The minimum absolute atomic E-state index is 0.154. The average Bonchev–Trinajstić information content (AvgIpc) is 2.61. The number of hydrogen-bond acceptors (Lipinski definition) is 2. The molecule has 3 heteroatoms. The lowest BCUT2D eigenvalue weighted by atomic mass is 9.76. The second-order valence-corrected chi connectivity index (χ2v) is 6.44. The van der Waals surface area contributed by atoms with Crippen molar-refractivity contribution in [2.45, 2.75) is 57.9 Å². The van der Waals surface area contributed by atoms with E-state index in [1.807, 2.05) is 0 Å². The van der Waals surface area contributed by atoms with Crippen LogP contribution in [0.2, 0.25) is 0 Å². The van der Waals surface area contributed by atoms with E-state index < -0.39 is 0 Å². The summed E-state index contributed by atoms with van der Waals surface area (Å²) in [6, 6.07) is 7.12. The molecule has 114 valence electrons. The lowest BCUT2D eigenvalue weighted by Gasteiger charge is -2.35. The molecule has 1 saturated carbocycles. The Balaban J connectivity index is 1.82. The molecule has 1 aromatic rings. The van der Waals surface area contributed by atoms with Gasteiger partial charge in [0.1, 0.15) is 0 Å². The van der Waals surface area contributed by atoms with Gasteiger partial charge in [0.25, 0.3) is 0 Å². The Morgan fingerprint density at radius 2 is 2.14 bits per heavy atom. The molecule has 1 unspecified atom stereocenters. The van der Waals surface area contributed by atoms with E-state index in [1.54, 1.807) is 0 Å². The van der Waals surface area contributed by atoms with Gasteiger partial charge in [0, 0.05) is 18.2 Å². The highest BCUT2D eigenvalue weighted by molar-refractivity contribution is 5.92. The summed E-state index contributed by atoms with van der Waals surface area (Å²) >= 11 is 0. The molecule has 0 aromatic heterocycles. The second kappa shape index (κ2) is 6.61. The molecule has 3 rings (SSSR count). The maximum absolute atomic E-state index is 11.6. The van der Waals surface area contributed by atoms with Crippen LogP contribution in [0, 0.1) is 5.92 Å². The molecule has 1 aromatic carbocycles. The molecule has 21 heavy (non-hydrogen) atoms. The Labute approximate surface area is 127 Å². The van der Waals surface area contributed by atoms with Crippen LogP contribution in [0.5, 0.6) is 0 Å². The summed E-state index contributed by atoms with van der Waals surface area (Å²) in [5.74, 6) is 0.941. The Bertz CT molecular complexity index is 508. The molecule has 1 fully saturated rings. The third kappa shape index (κ3) is 3.29. The zero-order valence-electron chi connectivity index (χ0n) is 13.0. The summed E-state index contributed by atoms with van der Waals surface area (Å²) in [7, 11) is 0. The van der Waals surface area contributed by atoms with Crippen molar-refractivity contribution in [1.29, 1.82) is 0 Å². The zero-order valence-corrected chi connectivity index (χ0v) is 13.0. The minimum Gasteiger partial charge on any atom is -0.326 e. The van der Waals surface area contributed by atoms with Crippen molar-refractivity contribution in [2.75, 3.05) is 11.9 Å². The molecule has 0 spiro atoms. The third-order valence-corrected chi connectivity index (χ3v) is 4.85. The van der Waals surface area contributed by atoms with E-state index in [4.69, 9.17) is 0 Å². The topological polar surface area (TPSA) is 41.1 Å². The molecular formula is C18H26N2O. The number of anilines is 1. The van der Waals surface area contributed by atoms with E-state index in [0.29, 0.717) is 12.5 Å². The maximum Gasteiger partial charge on any atom is 0.224 e. The van der Waals surface area contributed by atoms with Crippen molar-refractivity contribution in [3.63, 3.8) is 0 Å².